The molecule has 0 saturated carbocycles. The van der Waals surface area contributed by atoms with Crippen LogP contribution in [-0.4, -0.2) is 19.6 Å². The maximum absolute atomic E-state index is 14.3. The molecule has 1 saturated heterocycles. The smallest absolute Gasteiger partial charge is 0.146 e. The topological polar surface area (TPSA) is 15.3 Å². The van der Waals surface area contributed by atoms with Gasteiger partial charge >= 0.3 is 0 Å². The van der Waals surface area contributed by atoms with Crippen molar-refractivity contribution in [2.75, 3.05) is 18.5 Å². The Bertz CT molecular complexity index is 433. The molecular weight excluding hydrogens is 239 g/mol. The van der Waals surface area contributed by atoms with Gasteiger partial charge in [-0.05, 0) is 43.9 Å². The van der Waals surface area contributed by atoms with Gasteiger partial charge in [0.25, 0.3) is 0 Å². The molecule has 0 aliphatic carbocycles. The van der Waals surface area contributed by atoms with Crippen molar-refractivity contribution in [1.82, 2.24) is 5.32 Å². The van der Waals surface area contributed by atoms with Gasteiger partial charge in [-0.2, -0.15) is 0 Å². The van der Waals surface area contributed by atoms with Gasteiger partial charge < -0.3 is 10.2 Å². The van der Waals surface area contributed by atoms with Crippen molar-refractivity contribution in [3.63, 3.8) is 0 Å². The molecular formula is C16H25FN2. The van der Waals surface area contributed by atoms with Gasteiger partial charge in [0.15, 0.2) is 0 Å². The van der Waals surface area contributed by atoms with Crippen molar-refractivity contribution < 1.29 is 4.39 Å². The number of nitrogens with one attached hydrogen (secondary N) is 1. The van der Waals surface area contributed by atoms with Crippen molar-refractivity contribution >= 4 is 5.69 Å². The van der Waals surface area contributed by atoms with E-state index < -0.39 is 0 Å². The predicted molar refractivity (Wildman–Crippen MR) is 78.9 cm³/mol. The highest BCUT2D eigenvalue weighted by molar-refractivity contribution is 5.56. The summed E-state index contributed by atoms with van der Waals surface area (Å²) in [5.74, 6) is 1.12. The fourth-order valence-electron chi connectivity index (χ4n) is 3.23. The van der Waals surface area contributed by atoms with Crippen LogP contribution in [0.2, 0.25) is 0 Å². The normalized spacial score (nSPS) is 27.6. The van der Waals surface area contributed by atoms with Gasteiger partial charge in [0.05, 0.1) is 5.69 Å². The SMILES string of the molecule is CNCc1cccc(F)c1N1CC(C)CC(C)C1C. The average molecular weight is 264 g/mol. The van der Waals surface area contributed by atoms with E-state index >= 15 is 0 Å². The first kappa shape index (κ1) is 14.3. The summed E-state index contributed by atoms with van der Waals surface area (Å²) < 4.78 is 14.3. The Labute approximate surface area is 116 Å². The fourth-order valence-corrected chi connectivity index (χ4v) is 3.23. The number of rotatable bonds is 3. The van der Waals surface area contributed by atoms with Crippen molar-refractivity contribution in [1.29, 1.82) is 0 Å². The summed E-state index contributed by atoms with van der Waals surface area (Å²) in [6.07, 6.45) is 1.23. The highest BCUT2D eigenvalue weighted by Gasteiger charge is 2.31. The molecule has 2 nitrogen and oxygen atoms in total. The maximum Gasteiger partial charge on any atom is 0.146 e. The lowest BCUT2D eigenvalue weighted by atomic mass is 9.85. The van der Waals surface area contributed by atoms with Gasteiger partial charge in [-0.1, -0.05) is 26.0 Å². The second-order valence-corrected chi connectivity index (χ2v) is 5.99. The highest BCUT2D eigenvalue weighted by atomic mass is 19.1. The molecule has 1 aromatic rings. The minimum absolute atomic E-state index is 0.0964. The Hall–Kier alpha value is -1.09. The molecule has 0 radical (unpaired) electrons. The lowest BCUT2D eigenvalue weighted by molar-refractivity contribution is 0.294. The Balaban J connectivity index is 2.38. The Morgan fingerprint density at radius 3 is 2.74 bits per heavy atom. The molecule has 1 aliphatic rings. The molecule has 0 spiro atoms. The summed E-state index contributed by atoms with van der Waals surface area (Å²) in [4.78, 5) is 2.26. The number of piperidine rings is 1. The zero-order valence-corrected chi connectivity index (χ0v) is 12.4. The molecule has 3 unspecified atom stereocenters. The molecule has 19 heavy (non-hydrogen) atoms. The van der Waals surface area contributed by atoms with Crippen molar-refractivity contribution in [2.45, 2.75) is 39.8 Å². The molecule has 1 aromatic carbocycles. The van der Waals surface area contributed by atoms with E-state index in [4.69, 9.17) is 0 Å². The van der Waals surface area contributed by atoms with Crippen LogP contribution >= 0.6 is 0 Å². The molecule has 106 valence electrons. The summed E-state index contributed by atoms with van der Waals surface area (Å²) in [5, 5.41) is 3.13. The molecule has 3 heteroatoms. The van der Waals surface area contributed by atoms with Crippen LogP contribution in [-0.2, 0) is 6.54 Å². The predicted octanol–water partition coefficient (Wildman–Crippen LogP) is 3.42. The summed E-state index contributed by atoms with van der Waals surface area (Å²) in [6, 6.07) is 5.78. The molecule has 1 N–H and O–H groups in total. The quantitative estimate of drug-likeness (QED) is 0.900. The van der Waals surface area contributed by atoms with E-state index in [0.29, 0.717) is 24.4 Å². The zero-order valence-electron chi connectivity index (χ0n) is 12.4. The minimum atomic E-state index is -0.0964. The van der Waals surface area contributed by atoms with Crippen LogP contribution in [0.3, 0.4) is 0 Å². The molecule has 0 bridgehead atoms. The lowest BCUT2D eigenvalue weighted by Gasteiger charge is -2.43. The van der Waals surface area contributed by atoms with E-state index in [9.17, 15) is 4.39 Å². The molecule has 1 aliphatic heterocycles. The van der Waals surface area contributed by atoms with E-state index in [2.05, 4.69) is 31.0 Å². The molecule has 0 aromatic heterocycles. The number of hydrogen-bond acceptors (Lipinski definition) is 2. The molecule has 3 atom stereocenters. The first-order chi connectivity index (χ1) is 9.04. The Morgan fingerprint density at radius 1 is 1.32 bits per heavy atom. The van der Waals surface area contributed by atoms with E-state index in [1.807, 2.05) is 13.1 Å². The van der Waals surface area contributed by atoms with Crippen LogP contribution in [0.15, 0.2) is 18.2 Å². The number of para-hydroxylation sites is 1. The van der Waals surface area contributed by atoms with Crippen LogP contribution in [0.1, 0.15) is 32.8 Å². The van der Waals surface area contributed by atoms with Gasteiger partial charge in [-0.25, -0.2) is 4.39 Å². The zero-order chi connectivity index (χ0) is 14.0. The third kappa shape index (κ3) is 2.92. The van der Waals surface area contributed by atoms with E-state index in [-0.39, 0.29) is 5.82 Å². The van der Waals surface area contributed by atoms with Gasteiger partial charge in [-0.3, -0.25) is 0 Å². The Morgan fingerprint density at radius 2 is 2.05 bits per heavy atom. The second kappa shape index (κ2) is 5.91. The van der Waals surface area contributed by atoms with Crippen LogP contribution in [0, 0.1) is 17.7 Å². The third-order valence-corrected chi connectivity index (χ3v) is 4.32. The molecule has 2 rings (SSSR count). The number of hydrogen-bond donors (Lipinski definition) is 1. The van der Waals surface area contributed by atoms with Gasteiger partial charge in [0.2, 0.25) is 0 Å². The van der Waals surface area contributed by atoms with Crippen molar-refractivity contribution in [3.8, 4) is 0 Å². The number of anilines is 1. The maximum atomic E-state index is 14.3. The highest BCUT2D eigenvalue weighted by Crippen LogP contribution is 2.34. The van der Waals surface area contributed by atoms with E-state index in [0.717, 1.165) is 17.8 Å². The second-order valence-electron chi connectivity index (χ2n) is 5.99. The first-order valence-corrected chi connectivity index (χ1v) is 7.23. The molecule has 1 fully saturated rings. The average Bonchev–Trinajstić information content (AvgIpc) is 2.35. The number of halogens is 1. The van der Waals surface area contributed by atoms with Gasteiger partial charge in [-0.15, -0.1) is 0 Å². The van der Waals surface area contributed by atoms with Crippen LogP contribution in [0.25, 0.3) is 0 Å². The van der Waals surface area contributed by atoms with Crippen LogP contribution in [0.5, 0.6) is 0 Å². The number of benzene rings is 1. The summed E-state index contributed by atoms with van der Waals surface area (Å²) in [5.41, 5.74) is 1.85. The van der Waals surface area contributed by atoms with Gasteiger partial charge in [0, 0.05) is 19.1 Å². The minimum Gasteiger partial charge on any atom is -0.366 e. The molecule has 0 amide bonds. The van der Waals surface area contributed by atoms with E-state index in [1.165, 1.54) is 6.42 Å². The lowest BCUT2D eigenvalue weighted by Crippen LogP contribution is -2.46. The monoisotopic (exact) mass is 264 g/mol. The largest absolute Gasteiger partial charge is 0.366 e. The van der Waals surface area contributed by atoms with Crippen molar-refractivity contribution in [2.24, 2.45) is 11.8 Å². The summed E-state index contributed by atoms with van der Waals surface area (Å²) in [6.45, 7) is 8.40. The summed E-state index contributed by atoms with van der Waals surface area (Å²) in [7, 11) is 1.90. The fraction of sp³-hybridized carbons (Fsp3) is 0.625. The third-order valence-electron chi connectivity index (χ3n) is 4.32. The van der Waals surface area contributed by atoms with E-state index in [1.54, 1.807) is 12.1 Å². The number of nitrogens with zero attached hydrogens (tertiary/aromatic N) is 1. The van der Waals surface area contributed by atoms with Crippen LogP contribution in [0.4, 0.5) is 10.1 Å². The molecule has 1 heterocycles. The Kier molecular flexibility index (Phi) is 4.46. The standard InChI is InChI=1S/C16H25FN2/c1-11-8-12(2)13(3)19(10-11)16-14(9-18-4)6-5-7-15(16)17/h5-7,11-13,18H,8-10H2,1-4H3. The van der Waals surface area contributed by atoms with Crippen LogP contribution < -0.4 is 10.2 Å². The van der Waals surface area contributed by atoms with Gasteiger partial charge in [0.1, 0.15) is 5.82 Å². The van der Waals surface area contributed by atoms with Crippen molar-refractivity contribution in [3.05, 3.63) is 29.6 Å². The first-order valence-electron chi connectivity index (χ1n) is 7.23. The summed E-state index contributed by atoms with van der Waals surface area (Å²) >= 11 is 0.